The number of rotatable bonds is 4. The molecule has 0 bridgehead atoms. The molecular formula is C16H12ClNO3. The number of nitriles is 1. The lowest BCUT2D eigenvalue weighted by Gasteiger charge is -2.11. The molecule has 0 atom stereocenters. The third-order valence-electron chi connectivity index (χ3n) is 3.00. The summed E-state index contributed by atoms with van der Waals surface area (Å²) in [4.78, 5) is 11.0. The molecule has 0 heterocycles. The molecule has 0 aromatic heterocycles. The normalized spacial score (nSPS) is 9.95. The van der Waals surface area contributed by atoms with Crippen LogP contribution in [-0.2, 0) is 6.61 Å². The molecule has 0 saturated carbocycles. The van der Waals surface area contributed by atoms with Crippen LogP contribution in [0.25, 0.3) is 0 Å². The fourth-order valence-electron chi connectivity index (χ4n) is 1.78. The SMILES string of the molecule is Cc1ccc(C(=O)O)cc1OCc1ccc(C#N)cc1Cl. The second kappa shape index (κ2) is 6.29. The van der Waals surface area contributed by atoms with Crippen molar-refractivity contribution >= 4 is 17.6 Å². The first-order valence-corrected chi connectivity index (χ1v) is 6.54. The van der Waals surface area contributed by atoms with Crippen LogP contribution in [0.5, 0.6) is 5.75 Å². The molecule has 0 aliphatic carbocycles. The van der Waals surface area contributed by atoms with Crippen molar-refractivity contribution in [2.45, 2.75) is 13.5 Å². The van der Waals surface area contributed by atoms with Gasteiger partial charge < -0.3 is 9.84 Å². The Morgan fingerprint density at radius 2 is 2.10 bits per heavy atom. The minimum Gasteiger partial charge on any atom is -0.489 e. The van der Waals surface area contributed by atoms with Crippen LogP contribution in [0.1, 0.15) is 27.0 Å². The standard InChI is InChI=1S/C16H12ClNO3/c1-10-2-4-12(16(19)20)7-15(10)21-9-13-5-3-11(8-18)6-14(13)17/h2-7H,9H2,1H3,(H,19,20). The number of ether oxygens (including phenoxy) is 1. The van der Waals surface area contributed by atoms with Gasteiger partial charge in [0.25, 0.3) is 0 Å². The molecule has 0 radical (unpaired) electrons. The zero-order valence-corrected chi connectivity index (χ0v) is 12.0. The molecule has 0 aliphatic rings. The largest absolute Gasteiger partial charge is 0.489 e. The highest BCUT2D eigenvalue weighted by molar-refractivity contribution is 6.31. The monoisotopic (exact) mass is 301 g/mol. The number of carbonyl (C=O) groups is 1. The summed E-state index contributed by atoms with van der Waals surface area (Å²) in [5, 5.41) is 18.2. The predicted octanol–water partition coefficient (Wildman–Crippen LogP) is 3.80. The summed E-state index contributed by atoms with van der Waals surface area (Å²) in [6.45, 7) is 2.04. The van der Waals surface area contributed by atoms with Crippen LogP contribution in [-0.4, -0.2) is 11.1 Å². The van der Waals surface area contributed by atoms with E-state index in [2.05, 4.69) is 0 Å². The van der Waals surface area contributed by atoms with Crippen LogP contribution in [0, 0.1) is 18.3 Å². The smallest absolute Gasteiger partial charge is 0.335 e. The Kier molecular flexibility index (Phi) is 4.46. The molecule has 2 aromatic rings. The number of nitrogens with zero attached hydrogens (tertiary/aromatic N) is 1. The second-order valence-electron chi connectivity index (χ2n) is 4.49. The molecule has 2 rings (SSSR count). The van der Waals surface area contributed by atoms with Crippen molar-refractivity contribution in [2.75, 3.05) is 0 Å². The van der Waals surface area contributed by atoms with E-state index in [1.807, 2.05) is 13.0 Å². The van der Waals surface area contributed by atoms with Crippen molar-refractivity contribution in [1.29, 1.82) is 5.26 Å². The summed E-state index contributed by atoms with van der Waals surface area (Å²) in [7, 11) is 0. The van der Waals surface area contributed by atoms with E-state index in [-0.39, 0.29) is 12.2 Å². The maximum atomic E-state index is 11.0. The molecule has 0 saturated heterocycles. The van der Waals surface area contributed by atoms with Crippen molar-refractivity contribution in [3.8, 4) is 11.8 Å². The van der Waals surface area contributed by atoms with Crippen LogP contribution in [0.3, 0.4) is 0 Å². The molecule has 1 N–H and O–H groups in total. The van der Waals surface area contributed by atoms with Crippen LogP contribution < -0.4 is 4.74 Å². The fraction of sp³-hybridized carbons (Fsp3) is 0.125. The lowest BCUT2D eigenvalue weighted by Crippen LogP contribution is -2.01. The molecule has 5 heteroatoms. The molecule has 0 amide bonds. The maximum absolute atomic E-state index is 11.0. The van der Waals surface area contributed by atoms with Crippen LogP contribution in [0.15, 0.2) is 36.4 Å². The first-order chi connectivity index (χ1) is 10.0. The molecule has 0 unspecified atom stereocenters. The van der Waals surface area contributed by atoms with Gasteiger partial charge in [-0.15, -0.1) is 0 Å². The molecule has 0 fully saturated rings. The molecule has 21 heavy (non-hydrogen) atoms. The van der Waals surface area contributed by atoms with Gasteiger partial charge in [-0.3, -0.25) is 0 Å². The predicted molar refractivity (Wildman–Crippen MR) is 78.6 cm³/mol. The quantitative estimate of drug-likeness (QED) is 0.932. The second-order valence-corrected chi connectivity index (χ2v) is 4.90. The molecule has 106 valence electrons. The summed E-state index contributed by atoms with van der Waals surface area (Å²) in [5.74, 6) is -0.508. The molecule has 4 nitrogen and oxygen atoms in total. The van der Waals surface area contributed by atoms with Crippen LogP contribution in [0.4, 0.5) is 0 Å². The van der Waals surface area contributed by atoms with Gasteiger partial charge in [-0.1, -0.05) is 23.7 Å². The van der Waals surface area contributed by atoms with E-state index < -0.39 is 5.97 Å². The van der Waals surface area contributed by atoms with E-state index in [1.165, 1.54) is 12.1 Å². The average Bonchev–Trinajstić information content (AvgIpc) is 2.47. The van der Waals surface area contributed by atoms with Crippen molar-refractivity contribution in [3.63, 3.8) is 0 Å². The zero-order valence-electron chi connectivity index (χ0n) is 11.3. The summed E-state index contributed by atoms with van der Waals surface area (Å²) in [6.07, 6.45) is 0. The Bertz CT molecular complexity index is 735. The van der Waals surface area contributed by atoms with E-state index in [0.717, 1.165) is 11.1 Å². The van der Waals surface area contributed by atoms with Crippen molar-refractivity contribution in [1.82, 2.24) is 0 Å². The third-order valence-corrected chi connectivity index (χ3v) is 3.35. The van der Waals surface area contributed by atoms with E-state index in [0.29, 0.717) is 16.3 Å². The Hall–Kier alpha value is -2.51. The number of hydrogen-bond donors (Lipinski definition) is 1. The van der Waals surface area contributed by atoms with Gasteiger partial charge >= 0.3 is 5.97 Å². The van der Waals surface area contributed by atoms with Gasteiger partial charge in [-0.2, -0.15) is 5.26 Å². The highest BCUT2D eigenvalue weighted by Crippen LogP contribution is 2.23. The highest BCUT2D eigenvalue weighted by atomic mass is 35.5. The molecular weight excluding hydrogens is 290 g/mol. The first kappa shape index (κ1) is 14.9. The highest BCUT2D eigenvalue weighted by Gasteiger charge is 2.08. The van der Waals surface area contributed by atoms with Gasteiger partial charge in [0.1, 0.15) is 12.4 Å². The van der Waals surface area contributed by atoms with E-state index in [1.54, 1.807) is 24.3 Å². The Labute approximate surface area is 127 Å². The van der Waals surface area contributed by atoms with Gasteiger partial charge in [0.15, 0.2) is 0 Å². The number of aryl methyl sites for hydroxylation is 1. The number of carboxylic acids is 1. The molecule has 2 aromatic carbocycles. The Morgan fingerprint density at radius 1 is 1.33 bits per heavy atom. The Morgan fingerprint density at radius 3 is 2.71 bits per heavy atom. The molecule has 0 aliphatic heterocycles. The lowest BCUT2D eigenvalue weighted by molar-refractivity contribution is 0.0696. The number of aromatic carboxylic acids is 1. The number of hydrogen-bond acceptors (Lipinski definition) is 3. The summed E-state index contributed by atoms with van der Waals surface area (Å²) in [6, 6.07) is 11.7. The summed E-state index contributed by atoms with van der Waals surface area (Å²) < 4.78 is 5.64. The van der Waals surface area contributed by atoms with Gasteiger partial charge in [0.2, 0.25) is 0 Å². The van der Waals surface area contributed by atoms with Gasteiger partial charge in [-0.05, 0) is 36.8 Å². The van der Waals surface area contributed by atoms with Crippen molar-refractivity contribution in [2.24, 2.45) is 0 Å². The maximum Gasteiger partial charge on any atom is 0.335 e. The number of benzene rings is 2. The Balaban J connectivity index is 2.18. The zero-order chi connectivity index (χ0) is 15.4. The van der Waals surface area contributed by atoms with Crippen molar-refractivity contribution < 1.29 is 14.6 Å². The summed E-state index contributed by atoms with van der Waals surface area (Å²) >= 11 is 6.07. The topological polar surface area (TPSA) is 70.3 Å². The van der Waals surface area contributed by atoms with Gasteiger partial charge in [0.05, 0.1) is 17.2 Å². The van der Waals surface area contributed by atoms with Crippen LogP contribution in [0.2, 0.25) is 5.02 Å². The van der Waals surface area contributed by atoms with Crippen LogP contribution >= 0.6 is 11.6 Å². The minimum atomic E-state index is -1.00. The fourth-order valence-corrected chi connectivity index (χ4v) is 2.01. The first-order valence-electron chi connectivity index (χ1n) is 6.16. The van der Waals surface area contributed by atoms with E-state index in [4.69, 9.17) is 26.7 Å². The minimum absolute atomic E-state index is 0.168. The molecule has 0 spiro atoms. The lowest BCUT2D eigenvalue weighted by atomic mass is 10.1. The van der Waals surface area contributed by atoms with Gasteiger partial charge in [0, 0.05) is 10.6 Å². The van der Waals surface area contributed by atoms with Crippen molar-refractivity contribution in [3.05, 3.63) is 63.7 Å². The third kappa shape index (κ3) is 3.53. The number of carboxylic acid groups (broad SMARTS) is 1. The average molecular weight is 302 g/mol. The van der Waals surface area contributed by atoms with E-state index in [9.17, 15) is 4.79 Å². The number of halogens is 1. The van der Waals surface area contributed by atoms with Gasteiger partial charge in [-0.25, -0.2) is 4.79 Å². The summed E-state index contributed by atoms with van der Waals surface area (Å²) in [5.41, 5.74) is 2.22. The van der Waals surface area contributed by atoms with E-state index >= 15 is 0 Å².